The van der Waals surface area contributed by atoms with Crippen LogP contribution in [0.1, 0.15) is 25.0 Å². The predicted molar refractivity (Wildman–Crippen MR) is 275 cm³/mol. The molecule has 10 aromatic carbocycles. The molecular formula is C63H46N2. The molecule has 0 unspecified atom stereocenters. The van der Waals surface area contributed by atoms with Gasteiger partial charge in [-0.3, -0.25) is 0 Å². The van der Waals surface area contributed by atoms with Crippen LogP contribution in [0.4, 0.5) is 17.1 Å². The third-order valence-electron chi connectivity index (χ3n) is 13.6. The van der Waals surface area contributed by atoms with E-state index >= 15 is 0 Å². The maximum absolute atomic E-state index is 2.40. The Balaban J connectivity index is 0.855. The van der Waals surface area contributed by atoms with Gasteiger partial charge in [0, 0.05) is 38.9 Å². The summed E-state index contributed by atoms with van der Waals surface area (Å²) in [6, 6.07) is 88.7. The Labute approximate surface area is 381 Å². The first-order valence-electron chi connectivity index (χ1n) is 22.6. The van der Waals surface area contributed by atoms with E-state index < -0.39 is 0 Å². The van der Waals surface area contributed by atoms with Gasteiger partial charge in [0.1, 0.15) is 0 Å². The first-order chi connectivity index (χ1) is 32.0. The molecule has 65 heavy (non-hydrogen) atoms. The summed E-state index contributed by atoms with van der Waals surface area (Å²) in [5.74, 6) is 0. The number of aromatic nitrogens is 1. The van der Waals surface area contributed by atoms with Crippen LogP contribution in [0.25, 0.3) is 83.1 Å². The zero-order valence-electron chi connectivity index (χ0n) is 36.5. The van der Waals surface area contributed by atoms with Crippen LogP contribution in [0.3, 0.4) is 0 Å². The van der Waals surface area contributed by atoms with E-state index in [1.54, 1.807) is 0 Å². The minimum absolute atomic E-state index is 0.0415. The minimum atomic E-state index is -0.0415. The van der Waals surface area contributed by atoms with Gasteiger partial charge in [-0.05, 0) is 140 Å². The lowest BCUT2D eigenvalue weighted by Crippen LogP contribution is -2.14. The lowest BCUT2D eigenvalue weighted by atomic mass is 9.81. The predicted octanol–water partition coefficient (Wildman–Crippen LogP) is 17.2. The van der Waals surface area contributed by atoms with Crippen LogP contribution in [0.2, 0.25) is 0 Å². The van der Waals surface area contributed by atoms with Gasteiger partial charge in [0.15, 0.2) is 0 Å². The summed E-state index contributed by atoms with van der Waals surface area (Å²) in [5.41, 5.74) is 22.0. The van der Waals surface area contributed by atoms with Crippen molar-refractivity contribution in [3.05, 3.63) is 254 Å². The first kappa shape index (κ1) is 38.5. The van der Waals surface area contributed by atoms with Crippen LogP contribution in [-0.4, -0.2) is 4.57 Å². The number of anilines is 3. The summed E-state index contributed by atoms with van der Waals surface area (Å²) in [6.07, 6.45) is 0. The number of fused-ring (bicyclic) bond motifs is 6. The molecule has 0 amide bonds. The van der Waals surface area contributed by atoms with Crippen LogP contribution in [0, 0.1) is 0 Å². The summed E-state index contributed by atoms with van der Waals surface area (Å²) >= 11 is 0. The second-order valence-electron chi connectivity index (χ2n) is 17.8. The molecule has 0 aliphatic heterocycles. The fraction of sp³-hybridized carbons (Fsp3) is 0.0476. The Kier molecular flexibility index (Phi) is 9.21. The molecule has 0 bridgehead atoms. The van der Waals surface area contributed by atoms with Gasteiger partial charge >= 0.3 is 0 Å². The first-order valence-corrected chi connectivity index (χ1v) is 22.6. The summed E-state index contributed by atoms with van der Waals surface area (Å²) in [7, 11) is 0. The SMILES string of the molecule is CC1(C)c2ccccc2-c2ccc(-c3ccc(N(c4ccc(-c5ccccc5)cc4)c4ccc(-c5ccc(-c6ccc7c(c6)c6ccccc6n7-c6ccccc6)cc5)cc4)cc3)cc21. The van der Waals surface area contributed by atoms with Gasteiger partial charge in [-0.1, -0.05) is 184 Å². The van der Waals surface area contributed by atoms with Crippen LogP contribution >= 0.6 is 0 Å². The van der Waals surface area contributed by atoms with Crippen molar-refractivity contribution in [1.29, 1.82) is 0 Å². The molecule has 2 heteroatoms. The van der Waals surface area contributed by atoms with Gasteiger partial charge in [-0.15, -0.1) is 0 Å². The van der Waals surface area contributed by atoms with Crippen LogP contribution in [0.15, 0.2) is 243 Å². The van der Waals surface area contributed by atoms with Gasteiger partial charge in [-0.25, -0.2) is 0 Å². The largest absolute Gasteiger partial charge is 0.311 e. The summed E-state index contributed by atoms with van der Waals surface area (Å²) in [5, 5.41) is 2.52. The molecule has 1 aliphatic rings. The average molecular weight is 831 g/mol. The highest BCUT2D eigenvalue weighted by Gasteiger charge is 2.35. The molecular weight excluding hydrogens is 785 g/mol. The number of benzene rings is 10. The van der Waals surface area contributed by atoms with Gasteiger partial charge in [0.25, 0.3) is 0 Å². The highest BCUT2D eigenvalue weighted by atomic mass is 15.1. The fourth-order valence-electron chi connectivity index (χ4n) is 10.2. The third-order valence-corrected chi connectivity index (χ3v) is 13.6. The van der Waals surface area contributed by atoms with E-state index in [2.05, 4.69) is 266 Å². The molecule has 0 spiro atoms. The molecule has 0 fully saturated rings. The van der Waals surface area contributed by atoms with E-state index in [0.717, 1.165) is 17.1 Å². The molecule has 0 saturated heterocycles. The van der Waals surface area contributed by atoms with Crippen molar-refractivity contribution in [2.24, 2.45) is 0 Å². The molecule has 11 aromatic rings. The van der Waals surface area contributed by atoms with Crippen molar-refractivity contribution in [3.8, 4) is 61.3 Å². The molecule has 0 saturated carbocycles. The number of hydrogen-bond donors (Lipinski definition) is 0. The third kappa shape index (κ3) is 6.65. The smallest absolute Gasteiger partial charge is 0.0541 e. The number of hydrogen-bond acceptors (Lipinski definition) is 1. The van der Waals surface area contributed by atoms with Gasteiger partial charge < -0.3 is 9.47 Å². The van der Waals surface area contributed by atoms with Crippen molar-refractivity contribution in [2.45, 2.75) is 19.3 Å². The zero-order chi connectivity index (χ0) is 43.5. The molecule has 308 valence electrons. The van der Waals surface area contributed by atoms with Gasteiger partial charge in [-0.2, -0.15) is 0 Å². The molecule has 1 heterocycles. The molecule has 1 aromatic heterocycles. The monoisotopic (exact) mass is 830 g/mol. The second-order valence-corrected chi connectivity index (χ2v) is 17.8. The Bertz CT molecular complexity index is 3510. The Morgan fingerprint density at radius 3 is 1.34 bits per heavy atom. The summed E-state index contributed by atoms with van der Waals surface area (Å²) < 4.78 is 2.37. The molecule has 0 atom stereocenters. The second kappa shape index (κ2) is 15.6. The van der Waals surface area contributed by atoms with Gasteiger partial charge in [0.05, 0.1) is 11.0 Å². The number of para-hydroxylation sites is 2. The van der Waals surface area contributed by atoms with E-state index in [9.17, 15) is 0 Å². The van der Waals surface area contributed by atoms with Crippen molar-refractivity contribution in [3.63, 3.8) is 0 Å². The number of nitrogens with zero attached hydrogens (tertiary/aromatic N) is 2. The molecule has 2 nitrogen and oxygen atoms in total. The molecule has 1 aliphatic carbocycles. The minimum Gasteiger partial charge on any atom is -0.311 e. The normalized spacial score (nSPS) is 12.6. The molecule has 12 rings (SSSR count). The zero-order valence-corrected chi connectivity index (χ0v) is 36.5. The maximum atomic E-state index is 2.40. The van der Waals surface area contributed by atoms with Crippen molar-refractivity contribution in [1.82, 2.24) is 4.57 Å². The highest BCUT2D eigenvalue weighted by Crippen LogP contribution is 2.50. The van der Waals surface area contributed by atoms with Crippen molar-refractivity contribution < 1.29 is 0 Å². The van der Waals surface area contributed by atoms with E-state index in [1.807, 2.05) is 0 Å². The van der Waals surface area contributed by atoms with E-state index in [-0.39, 0.29) is 5.41 Å². The average Bonchev–Trinajstić information content (AvgIpc) is 3.83. The standard InChI is InChI=1S/C63H46N2/c1-63(2)59-19-11-9-17-55(59)56-39-31-50(42-60(56)63)48-29-37-54(38-30-48)64(52-33-25-45(26-34-52)43-13-5-3-6-14-43)53-35-27-46(28-36-53)44-21-23-47(24-22-44)49-32-40-62-58(41-49)57-18-10-12-20-61(57)65(62)51-15-7-4-8-16-51/h3-42H,1-2H3. The highest BCUT2D eigenvalue weighted by molar-refractivity contribution is 6.10. The van der Waals surface area contributed by atoms with Crippen molar-refractivity contribution in [2.75, 3.05) is 4.90 Å². The maximum Gasteiger partial charge on any atom is 0.0541 e. The Morgan fingerprint density at radius 2 is 0.723 bits per heavy atom. The topological polar surface area (TPSA) is 8.17 Å². The summed E-state index contributed by atoms with van der Waals surface area (Å²) in [4.78, 5) is 2.36. The Morgan fingerprint density at radius 1 is 0.308 bits per heavy atom. The molecule has 0 radical (unpaired) electrons. The van der Waals surface area contributed by atoms with E-state index in [1.165, 1.54) is 94.3 Å². The van der Waals surface area contributed by atoms with Crippen LogP contribution in [0.5, 0.6) is 0 Å². The lowest BCUT2D eigenvalue weighted by Gasteiger charge is -2.26. The quantitative estimate of drug-likeness (QED) is 0.148. The van der Waals surface area contributed by atoms with E-state index in [0.29, 0.717) is 0 Å². The lowest BCUT2D eigenvalue weighted by molar-refractivity contribution is 0.660. The molecule has 0 N–H and O–H groups in total. The fourth-order valence-corrected chi connectivity index (χ4v) is 10.2. The van der Waals surface area contributed by atoms with Crippen LogP contribution < -0.4 is 4.90 Å². The van der Waals surface area contributed by atoms with Gasteiger partial charge in [0.2, 0.25) is 0 Å². The van der Waals surface area contributed by atoms with E-state index in [4.69, 9.17) is 0 Å². The van der Waals surface area contributed by atoms with Crippen LogP contribution in [-0.2, 0) is 5.41 Å². The Hall–Kier alpha value is -8.20. The number of rotatable bonds is 8. The van der Waals surface area contributed by atoms with Crippen molar-refractivity contribution >= 4 is 38.9 Å². The summed E-state index contributed by atoms with van der Waals surface area (Å²) in [6.45, 7) is 4.69.